The smallest absolute Gasteiger partial charge is 0.413 e. The van der Waals surface area contributed by atoms with Crippen LogP contribution in [0.1, 0.15) is 5.56 Å². The quantitative estimate of drug-likeness (QED) is 0.531. The minimum Gasteiger partial charge on any atom is -0.480 e. The number of carboxylic acid groups (broad SMARTS) is 1. The lowest BCUT2D eigenvalue weighted by Crippen LogP contribution is -2.31. The molecule has 1 aromatic rings. The summed E-state index contributed by atoms with van der Waals surface area (Å²) < 4.78 is 4.87. The summed E-state index contributed by atoms with van der Waals surface area (Å²) >= 11 is 0. The van der Waals surface area contributed by atoms with Gasteiger partial charge in [0, 0.05) is 0 Å². The Morgan fingerprint density at radius 2 is 2.05 bits per heavy atom. The van der Waals surface area contributed by atoms with Gasteiger partial charge in [-0.25, -0.2) is 4.79 Å². The van der Waals surface area contributed by atoms with Gasteiger partial charge in [-0.05, 0) is 24.1 Å². The van der Waals surface area contributed by atoms with Crippen molar-refractivity contribution in [3.8, 4) is 5.75 Å². The molecule has 0 spiro atoms. The fourth-order valence-corrected chi connectivity index (χ4v) is 1.30. The van der Waals surface area contributed by atoms with Crippen LogP contribution in [0.3, 0.4) is 0 Å². The summed E-state index contributed by atoms with van der Waals surface area (Å²) in [4.78, 5) is 25.9. The van der Waals surface area contributed by atoms with Crippen molar-refractivity contribution >= 4 is 12.1 Å². The molecule has 0 bridgehead atoms. The van der Waals surface area contributed by atoms with E-state index < -0.39 is 18.6 Å². The summed E-state index contributed by atoms with van der Waals surface area (Å²) in [5.41, 5.74) is 0.732. The van der Waals surface area contributed by atoms with Gasteiger partial charge >= 0.3 is 12.1 Å². The normalized spacial score (nSPS) is 10.3. The molecule has 9 heteroatoms. The van der Waals surface area contributed by atoms with Gasteiger partial charge in [0.2, 0.25) is 0 Å². The van der Waals surface area contributed by atoms with Gasteiger partial charge in [0.1, 0.15) is 12.3 Å². The Balaban J connectivity index is 2.46. The molecule has 1 amide bonds. The van der Waals surface area contributed by atoms with Crippen LogP contribution in [0.15, 0.2) is 24.3 Å². The van der Waals surface area contributed by atoms with Crippen LogP contribution in [-0.2, 0) is 16.1 Å². The Hall–Kier alpha value is -2.20. The van der Waals surface area contributed by atoms with Gasteiger partial charge in [-0.1, -0.05) is 12.1 Å². The first kappa shape index (κ1) is 15.9. The number of nitrogens with one attached hydrogen (secondary N) is 1. The molecule has 0 aliphatic heterocycles. The Bertz CT molecular complexity index is 464. The summed E-state index contributed by atoms with van der Waals surface area (Å²) in [5, 5.41) is 26.7. The largest absolute Gasteiger partial charge is 0.480 e. The predicted molar refractivity (Wildman–Crippen MR) is 63.2 cm³/mol. The number of rotatable bonds is 7. The van der Waals surface area contributed by atoms with Crippen LogP contribution in [0.4, 0.5) is 4.79 Å². The van der Waals surface area contributed by atoms with Gasteiger partial charge in [-0.15, -0.1) is 0 Å². The van der Waals surface area contributed by atoms with E-state index in [9.17, 15) is 9.59 Å². The molecule has 0 saturated carbocycles. The molecule has 0 radical (unpaired) electrons. The summed E-state index contributed by atoms with van der Waals surface area (Å²) in [5.74, 6) is -0.944. The summed E-state index contributed by atoms with van der Waals surface area (Å²) in [7, 11) is 0. The van der Waals surface area contributed by atoms with Crippen molar-refractivity contribution in [2.24, 2.45) is 0 Å². The van der Waals surface area contributed by atoms with E-state index in [1.165, 1.54) is 6.07 Å². The molecule has 0 aromatic heterocycles. The summed E-state index contributed by atoms with van der Waals surface area (Å²) in [6, 6.07) is 6.42. The second-order valence-corrected chi connectivity index (χ2v) is 3.62. The zero-order valence-corrected chi connectivity index (χ0v) is 10.4. The maximum Gasteiger partial charge on any atom is 0.413 e. The van der Waals surface area contributed by atoms with E-state index in [0.29, 0.717) is 6.42 Å². The van der Waals surface area contributed by atoms with Crippen LogP contribution in [0.5, 0.6) is 5.75 Å². The summed E-state index contributed by atoms with van der Waals surface area (Å²) in [6.07, 6.45) is -0.524. The molecule has 0 atom stereocenters. The van der Waals surface area contributed by atoms with E-state index in [0.717, 1.165) is 5.56 Å². The molecule has 0 unspecified atom stereocenters. The number of hydrogen-bond donors (Lipinski definition) is 4. The van der Waals surface area contributed by atoms with Crippen LogP contribution in [0, 0.1) is 0 Å². The van der Waals surface area contributed by atoms with Crippen molar-refractivity contribution in [3.05, 3.63) is 29.8 Å². The molecule has 0 saturated heterocycles. The molecule has 1 aromatic carbocycles. The van der Waals surface area contributed by atoms with Gasteiger partial charge in [-0.2, -0.15) is 0 Å². The average Bonchev–Trinajstić information content (AvgIpc) is 2.36. The van der Waals surface area contributed by atoms with Gasteiger partial charge in [0.25, 0.3) is 0 Å². The van der Waals surface area contributed by atoms with Crippen LogP contribution in [-0.4, -0.2) is 46.1 Å². The highest BCUT2D eigenvalue weighted by atomic mass is 17.1. The van der Waals surface area contributed by atoms with Gasteiger partial charge in [0.15, 0.2) is 0 Å². The Labute approximate surface area is 113 Å². The standard InChI is InChI=1S/C11H14N2O7/c14-10(15)7-12-11(16)20-9-3-1-2-8(6-9)4-5-19-13(17)18/h1-3,6,17-18H,4-5,7H2,(H,12,16)(H,14,15). The number of carbonyl (C=O) groups is 2. The van der Waals surface area contributed by atoms with E-state index in [1.54, 1.807) is 18.2 Å². The lowest BCUT2D eigenvalue weighted by atomic mass is 10.1. The first-order chi connectivity index (χ1) is 9.47. The van der Waals surface area contributed by atoms with Gasteiger partial charge in [-0.3, -0.25) is 20.0 Å². The fourth-order valence-electron chi connectivity index (χ4n) is 1.30. The zero-order valence-electron chi connectivity index (χ0n) is 10.4. The maximum atomic E-state index is 11.2. The van der Waals surface area contributed by atoms with Gasteiger partial charge in [0.05, 0.1) is 12.0 Å². The molecule has 0 fully saturated rings. The third kappa shape index (κ3) is 6.66. The number of carboxylic acids is 1. The molecular formula is C11H14N2O7. The van der Waals surface area contributed by atoms with Crippen LogP contribution < -0.4 is 10.1 Å². The second kappa shape index (κ2) is 8.07. The Morgan fingerprint density at radius 3 is 2.70 bits per heavy atom. The molecule has 20 heavy (non-hydrogen) atoms. The van der Waals surface area contributed by atoms with Crippen LogP contribution in [0.25, 0.3) is 0 Å². The average molecular weight is 286 g/mol. The number of aliphatic carboxylic acids is 1. The minimum absolute atomic E-state index is 0.0155. The van der Waals surface area contributed by atoms with Crippen molar-refractivity contribution in [1.29, 1.82) is 0 Å². The number of nitrogens with zero attached hydrogens (tertiary/aromatic N) is 1. The van der Waals surface area contributed by atoms with E-state index in [4.69, 9.17) is 20.3 Å². The zero-order chi connectivity index (χ0) is 15.0. The summed E-state index contributed by atoms with van der Waals surface area (Å²) in [6.45, 7) is -0.517. The molecule has 0 aliphatic carbocycles. The third-order valence-corrected chi connectivity index (χ3v) is 2.09. The van der Waals surface area contributed by atoms with Crippen molar-refractivity contribution in [2.75, 3.05) is 13.2 Å². The van der Waals surface area contributed by atoms with Crippen LogP contribution in [0.2, 0.25) is 0 Å². The number of benzene rings is 1. The molecule has 0 heterocycles. The predicted octanol–water partition coefficient (Wildman–Crippen LogP) is 0.414. The lowest BCUT2D eigenvalue weighted by molar-refractivity contribution is -0.492. The molecule has 4 N–H and O–H groups in total. The molecule has 9 nitrogen and oxygen atoms in total. The van der Waals surface area contributed by atoms with Gasteiger partial charge < -0.3 is 15.2 Å². The highest BCUT2D eigenvalue weighted by molar-refractivity contribution is 5.77. The molecule has 0 aliphatic rings. The molecule has 1 rings (SSSR count). The van der Waals surface area contributed by atoms with E-state index in [2.05, 4.69) is 4.84 Å². The topological polar surface area (TPSA) is 129 Å². The number of ether oxygens (including phenoxy) is 1. The minimum atomic E-state index is -1.18. The van der Waals surface area contributed by atoms with Crippen molar-refractivity contribution in [3.63, 3.8) is 0 Å². The molecule has 110 valence electrons. The first-order valence-electron chi connectivity index (χ1n) is 5.54. The van der Waals surface area contributed by atoms with E-state index in [-0.39, 0.29) is 17.7 Å². The third-order valence-electron chi connectivity index (χ3n) is 2.09. The Kier molecular flexibility index (Phi) is 6.40. The van der Waals surface area contributed by atoms with Crippen molar-refractivity contribution < 1.29 is 34.7 Å². The monoisotopic (exact) mass is 286 g/mol. The highest BCUT2D eigenvalue weighted by Crippen LogP contribution is 2.14. The first-order valence-corrected chi connectivity index (χ1v) is 5.54. The van der Waals surface area contributed by atoms with Crippen molar-refractivity contribution in [2.45, 2.75) is 6.42 Å². The molecular weight excluding hydrogens is 272 g/mol. The lowest BCUT2D eigenvalue weighted by Gasteiger charge is -2.08. The highest BCUT2D eigenvalue weighted by Gasteiger charge is 2.07. The maximum absolute atomic E-state index is 11.2. The van der Waals surface area contributed by atoms with E-state index in [1.807, 2.05) is 5.32 Å². The van der Waals surface area contributed by atoms with E-state index >= 15 is 0 Å². The second-order valence-electron chi connectivity index (χ2n) is 3.62. The number of amides is 1. The fraction of sp³-hybridized carbons (Fsp3) is 0.273. The SMILES string of the molecule is O=C(O)CNC(=O)Oc1cccc(CCON(O)O)c1. The number of carbonyl (C=O) groups excluding carboxylic acids is 1. The van der Waals surface area contributed by atoms with Crippen molar-refractivity contribution in [1.82, 2.24) is 10.7 Å². The Morgan fingerprint density at radius 1 is 1.30 bits per heavy atom. The number of hydrogen-bond acceptors (Lipinski definition) is 7. The van der Waals surface area contributed by atoms with Crippen LogP contribution >= 0.6 is 0 Å².